The standard InChI is InChI=1S/C5H11NO2S/c1-5(2)6-3-4-9(6,7)8/h5H,3-4H2,1-2H3. The van der Waals surface area contributed by atoms with Gasteiger partial charge in [0.05, 0.1) is 5.75 Å². The fourth-order valence-electron chi connectivity index (χ4n) is 0.925. The van der Waals surface area contributed by atoms with Crippen LogP contribution in [0.5, 0.6) is 0 Å². The number of hydrogen-bond donors (Lipinski definition) is 0. The smallest absolute Gasteiger partial charge is 0.212 e. The molecular weight excluding hydrogens is 138 g/mol. The Bertz CT molecular complexity index is 195. The Morgan fingerprint density at radius 1 is 1.44 bits per heavy atom. The molecule has 0 aromatic carbocycles. The molecule has 0 atom stereocenters. The first-order valence-corrected chi connectivity index (χ1v) is 4.64. The Morgan fingerprint density at radius 2 is 2.00 bits per heavy atom. The molecular formula is C5H11NO2S. The molecule has 0 aromatic heterocycles. The molecule has 0 N–H and O–H groups in total. The summed E-state index contributed by atoms with van der Waals surface area (Å²) in [5, 5.41) is 0. The largest absolute Gasteiger partial charge is 0.215 e. The summed E-state index contributed by atoms with van der Waals surface area (Å²) < 4.78 is 23.1. The van der Waals surface area contributed by atoms with Crippen molar-refractivity contribution in [3.05, 3.63) is 0 Å². The van der Waals surface area contributed by atoms with Crippen LogP contribution in [0.25, 0.3) is 0 Å². The number of sulfonamides is 1. The zero-order valence-electron chi connectivity index (χ0n) is 5.66. The van der Waals surface area contributed by atoms with Gasteiger partial charge in [-0.05, 0) is 13.8 Å². The van der Waals surface area contributed by atoms with E-state index in [2.05, 4.69) is 0 Å². The molecule has 4 heteroatoms. The molecule has 0 spiro atoms. The summed E-state index contributed by atoms with van der Waals surface area (Å²) in [6.07, 6.45) is 0. The van der Waals surface area contributed by atoms with E-state index in [-0.39, 0.29) is 6.04 Å². The average molecular weight is 149 g/mol. The van der Waals surface area contributed by atoms with E-state index in [4.69, 9.17) is 0 Å². The van der Waals surface area contributed by atoms with Crippen molar-refractivity contribution >= 4 is 10.0 Å². The Balaban J connectivity index is 2.67. The predicted octanol–water partition coefficient (Wildman–Crippen LogP) is 0.0402. The quantitative estimate of drug-likeness (QED) is 0.528. The fraction of sp³-hybridized carbons (Fsp3) is 1.00. The highest BCUT2D eigenvalue weighted by Gasteiger charge is 2.33. The van der Waals surface area contributed by atoms with E-state index < -0.39 is 10.0 Å². The molecule has 1 fully saturated rings. The normalized spacial score (nSPS) is 26.1. The molecule has 0 unspecified atom stereocenters. The highest BCUT2D eigenvalue weighted by molar-refractivity contribution is 7.90. The zero-order chi connectivity index (χ0) is 7.07. The Hall–Kier alpha value is -0.0900. The highest BCUT2D eigenvalue weighted by Crippen LogP contribution is 2.15. The van der Waals surface area contributed by atoms with Gasteiger partial charge in [-0.3, -0.25) is 0 Å². The summed E-state index contributed by atoms with van der Waals surface area (Å²) in [6, 6.07) is 0.142. The molecule has 0 saturated carbocycles. The summed E-state index contributed by atoms with van der Waals surface area (Å²) in [5.74, 6) is 0.338. The second-order valence-corrected chi connectivity index (χ2v) is 4.56. The van der Waals surface area contributed by atoms with Crippen molar-refractivity contribution in [2.75, 3.05) is 12.3 Å². The molecule has 0 amide bonds. The van der Waals surface area contributed by atoms with Crippen molar-refractivity contribution in [2.45, 2.75) is 19.9 Å². The van der Waals surface area contributed by atoms with E-state index in [0.29, 0.717) is 12.3 Å². The van der Waals surface area contributed by atoms with Gasteiger partial charge in [0.15, 0.2) is 0 Å². The van der Waals surface area contributed by atoms with Gasteiger partial charge < -0.3 is 0 Å². The summed E-state index contributed by atoms with van der Waals surface area (Å²) in [4.78, 5) is 0. The van der Waals surface area contributed by atoms with Crippen LogP contribution in [0.15, 0.2) is 0 Å². The SMILES string of the molecule is CC(C)N1CCS1(=O)=O. The Morgan fingerprint density at radius 3 is 2.00 bits per heavy atom. The summed E-state index contributed by atoms with van der Waals surface area (Å²) in [7, 11) is -2.79. The van der Waals surface area contributed by atoms with Gasteiger partial charge in [-0.15, -0.1) is 0 Å². The zero-order valence-corrected chi connectivity index (χ0v) is 6.48. The van der Waals surface area contributed by atoms with Gasteiger partial charge in [0, 0.05) is 12.6 Å². The van der Waals surface area contributed by atoms with Gasteiger partial charge in [-0.1, -0.05) is 0 Å². The van der Waals surface area contributed by atoms with Crippen LogP contribution in [0, 0.1) is 0 Å². The molecule has 1 aliphatic heterocycles. The minimum absolute atomic E-state index is 0.142. The van der Waals surface area contributed by atoms with E-state index >= 15 is 0 Å². The van der Waals surface area contributed by atoms with Gasteiger partial charge in [0.25, 0.3) is 0 Å². The third-order valence-corrected chi connectivity index (χ3v) is 3.52. The van der Waals surface area contributed by atoms with Crippen LogP contribution in [-0.2, 0) is 10.0 Å². The second-order valence-electron chi connectivity index (χ2n) is 2.52. The van der Waals surface area contributed by atoms with E-state index in [1.165, 1.54) is 4.31 Å². The van der Waals surface area contributed by atoms with Gasteiger partial charge >= 0.3 is 0 Å². The summed E-state index contributed by atoms with van der Waals surface area (Å²) in [5.41, 5.74) is 0. The third kappa shape index (κ3) is 1.09. The van der Waals surface area contributed by atoms with Crippen LogP contribution in [0.3, 0.4) is 0 Å². The van der Waals surface area contributed by atoms with E-state index in [9.17, 15) is 8.42 Å². The van der Waals surface area contributed by atoms with Gasteiger partial charge in [0.1, 0.15) is 0 Å². The first kappa shape index (κ1) is 7.02. The third-order valence-electron chi connectivity index (χ3n) is 1.50. The lowest BCUT2D eigenvalue weighted by Crippen LogP contribution is -2.51. The summed E-state index contributed by atoms with van der Waals surface area (Å²) in [6.45, 7) is 4.48. The van der Waals surface area contributed by atoms with Crippen molar-refractivity contribution in [3.63, 3.8) is 0 Å². The van der Waals surface area contributed by atoms with Crippen LogP contribution in [0.1, 0.15) is 13.8 Å². The highest BCUT2D eigenvalue weighted by atomic mass is 32.2. The topological polar surface area (TPSA) is 37.4 Å². The van der Waals surface area contributed by atoms with Crippen LogP contribution in [0.2, 0.25) is 0 Å². The molecule has 1 heterocycles. The van der Waals surface area contributed by atoms with Crippen molar-refractivity contribution < 1.29 is 8.42 Å². The van der Waals surface area contributed by atoms with Crippen molar-refractivity contribution in [1.82, 2.24) is 4.31 Å². The molecule has 1 rings (SSSR count). The lowest BCUT2D eigenvalue weighted by molar-refractivity contribution is 0.331. The minimum atomic E-state index is -2.79. The maximum Gasteiger partial charge on any atom is 0.215 e. The predicted molar refractivity (Wildman–Crippen MR) is 35.6 cm³/mol. The molecule has 0 radical (unpaired) electrons. The molecule has 9 heavy (non-hydrogen) atoms. The molecule has 0 aliphatic carbocycles. The van der Waals surface area contributed by atoms with Crippen LogP contribution >= 0.6 is 0 Å². The molecule has 0 aromatic rings. The lowest BCUT2D eigenvalue weighted by Gasteiger charge is -2.33. The molecule has 1 aliphatic rings. The minimum Gasteiger partial charge on any atom is -0.212 e. The first-order chi connectivity index (χ1) is 4.04. The van der Waals surface area contributed by atoms with Crippen molar-refractivity contribution in [2.24, 2.45) is 0 Å². The van der Waals surface area contributed by atoms with Gasteiger partial charge in [-0.25, -0.2) is 8.42 Å². The van der Waals surface area contributed by atoms with Gasteiger partial charge in [-0.2, -0.15) is 4.31 Å². The van der Waals surface area contributed by atoms with E-state index in [0.717, 1.165) is 0 Å². The Labute approximate surface area is 55.7 Å². The molecule has 3 nitrogen and oxygen atoms in total. The first-order valence-electron chi connectivity index (χ1n) is 3.03. The van der Waals surface area contributed by atoms with Crippen LogP contribution in [-0.4, -0.2) is 31.1 Å². The number of hydrogen-bond acceptors (Lipinski definition) is 2. The number of rotatable bonds is 1. The average Bonchev–Trinajstić information content (AvgIpc) is 1.62. The number of nitrogens with zero attached hydrogens (tertiary/aromatic N) is 1. The fourth-order valence-corrected chi connectivity index (χ4v) is 2.26. The second kappa shape index (κ2) is 1.95. The Kier molecular flexibility index (Phi) is 1.52. The van der Waals surface area contributed by atoms with Crippen LogP contribution < -0.4 is 0 Å². The maximum absolute atomic E-state index is 10.8. The van der Waals surface area contributed by atoms with Crippen molar-refractivity contribution in [3.8, 4) is 0 Å². The molecule has 54 valence electrons. The van der Waals surface area contributed by atoms with Gasteiger partial charge in [0.2, 0.25) is 10.0 Å². The van der Waals surface area contributed by atoms with Crippen molar-refractivity contribution in [1.29, 1.82) is 0 Å². The molecule has 1 saturated heterocycles. The maximum atomic E-state index is 10.8. The van der Waals surface area contributed by atoms with Crippen LogP contribution in [0.4, 0.5) is 0 Å². The summed E-state index contributed by atoms with van der Waals surface area (Å²) >= 11 is 0. The lowest BCUT2D eigenvalue weighted by atomic mass is 10.4. The van der Waals surface area contributed by atoms with E-state index in [1.807, 2.05) is 13.8 Å². The molecule has 0 bridgehead atoms. The van der Waals surface area contributed by atoms with E-state index in [1.54, 1.807) is 0 Å². The monoisotopic (exact) mass is 149 g/mol.